The molecule has 1 aliphatic rings. The van der Waals surface area contributed by atoms with E-state index >= 15 is 0 Å². The lowest BCUT2D eigenvalue weighted by Crippen LogP contribution is -2.48. The molecule has 0 aliphatic carbocycles. The molecule has 0 saturated carbocycles. The summed E-state index contributed by atoms with van der Waals surface area (Å²) in [5.74, 6) is 0. The third-order valence-corrected chi connectivity index (χ3v) is 5.35. The molecule has 1 saturated heterocycles. The Morgan fingerprint density at radius 3 is 2.40 bits per heavy atom. The van der Waals surface area contributed by atoms with E-state index in [1.165, 1.54) is 5.56 Å². The van der Waals surface area contributed by atoms with Crippen molar-refractivity contribution in [3.05, 3.63) is 69.7 Å². The number of halogens is 2. The van der Waals surface area contributed by atoms with Gasteiger partial charge in [-0.2, -0.15) is 0 Å². The lowest BCUT2D eigenvalue weighted by atomic mass is 9.96. The second-order valence-electron chi connectivity index (χ2n) is 6.43. The van der Waals surface area contributed by atoms with Crippen LogP contribution in [0.25, 0.3) is 0 Å². The highest BCUT2D eigenvalue weighted by molar-refractivity contribution is 6.31. The summed E-state index contributed by atoms with van der Waals surface area (Å²) in [6, 6.07) is 16.2. The van der Waals surface area contributed by atoms with Gasteiger partial charge >= 0.3 is 0 Å². The maximum Gasteiger partial charge on any atom is 0.0617 e. The summed E-state index contributed by atoms with van der Waals surface area (Å²) in [5, 5.41) is 10.6. The van der Waals surface area contributed by atoms with E-state index in [9.17, 15) is 0 Å². The fourth-order valence-corrected chi connectivity index (χ4v) is 3.94. The van der Waals surface area contributed by atoms with Crippen LogP contribution in [0.15, 0.2) is 48.5 Å². The molecule has 1 unspecified atom stereocenters. The monoisotopic (exact) mass is 378 g/mol. The van der Waals surface area contributed by atoms with Gasteiger partial charge in [0.25, 0.3) is 0 Å². The van der Waals surface area contributed by atoms with Crippen molar-refractivity contribution in [2.75, 3.05) is 39.3 Å². The molecule has 1 atom stereocenters. The first kappa shape index (κ1) is 18.7. The topological polar surface area (TPSA) is 26.7 Å². The summed E-state index contributed by atoms with van der Waals surface area (Å²) in [7, 11) is 0. The summed E-state index contributed by atoms with van der Waals surface area (Å²) >= 11 is 12.8. The third-order valence-electron chi connectivity index (χ3n) is 4.77. The summed E-state index contributed by atoms with van der Waals surface area (Å²) in [5.41, 5.74) is 2.29. The van der Waals surface area contributed by atoms with Crippen molar-refractivity contribution >= 4 is 23.2 Å². The Morgan fingerprint density at radius 2 is 1.72 bits per heavy atom. The zero-order chi connectivity index (χ0) is 17.6. The fourth-order valence-electron chi connectivity index (χ4n) is 3.50. The Labute approximate surface area is 159 Å². The van der Waals surface area contributed by atoms with Gasteiger partial charge in [-0.1, -0.05) is 53.5 Å². The fraction of sp³-hybridized carbons (Fsp3) is 0.400. The van der Waals surface area contributed by atoms with Crippen molar-refractivity contribution in [1.29, 1.82) is 0 Å². The molecule has 2 aromatic rings. The average Bonchev–Trinajstić information content (AvgIpc) is 2.63. The number of nitrogens with zero attached hydrogens (tertiary/aromatic N) is 2. The summed E-state index contributed by atoms with van der Waals surface area (Å²) < 4.78 is 0. The minimum absolute atomic E-state index is 0.104. The Bertz CT molecular complexity index is 687. The molecule has 0 spiro atoms. The first-order chi connectivity index (χ1) is 12.2. The Balaban J connectivity index is 1.84. The van der Waals surface area contributed by atoms with Crippen LogP contribution in [-0.2, 0) is 0 Å². The minimum atomic E-state index is 0.104. The van der Waals surface area contributed by atoms with Crippen molar-refractivity contribution < 1.29 is 5.11 Å². The largest absolute Gasteiger partial charge is 0.396 e. The second kappa shape index (κ2) is 9.02. The van der Waals surface area contributed by atoms with Gasteiger partial charge in [-0.05, 0) is 35.7 Å². The number of hydrogen-bond acceptors (Lipinski definition) is 3. The Hall–Kier alpha value is -1.10. The number of aliphatic hydroxyl groups is 1. The molecule has 0 radical (unpaired) electrons. The van der Waals surface area contributed by atoms with E-state index in [1.807, 2.05) is 36.4 Å². The first-order valence-corrected chi connectivity index (χ1v) is 9.52. The van der Waals surface area contributed by atoms with E-state index in [0.29, 0.717) is 0 Å². The van der Waals surface area contributed by atoms with Crippen LogP contribution in [0.4, 0.5) is 0 Å². The van der Waals surface area contributed by atoms with Crippen LogP contribution in [0, 0.1) is 0 Å². The van der Waals surface area contributed by atoms with Crippen LogP contribution in [-0.4, -0.2) is 54.2 Å². The van der Waals surface area contributed by atoms with Crippen molar-refractivity contribution in [3.63, 3.8) is 0 Å². The molecule has 1 heterocycles. The van der Waals surface area contributed by atoms with E-state index in [4.69, 9.17) is 28.3 Å². The summed E-state index contributed by atoms with van der Waals surface area (Å²) in [6.45, 7) is 5.15. The molecule has 1 fully saturated rings. The van der Waals surface area contributed by atoms with Gasteiger partial charge in [0.15, 0.2) is 0 Å². The van der Waals surface area contributed by atoms with Crippen LogP contribution in [0.5, 0.6) is 0 Å². The van der Waals surface area contributed by atoms with E-state index in [-0.39, 0.29) is 12.6 Å². The van der Waals surface area contributed by atoms with Gasteiger partial charge in [0.1, 0.15) is 0 Å². The normalized spacial score (nSPS) is 17.6. The van der Waals surface area contributed by atoms with E-state index in [2.05, 4.69) is 21.9 Å². The van der Waals surface area contributed by atoms with Gasteiger partial charge in [0.2, 0.25) is 0 Å². The highest BCUT2D eigenvalue weighted by Gasteiger charge is 2.27. The quantitative estimate of drug-likeness (QED) is 0.819. The lowest BCUT2D eigenvalue weighted by Gasteiger charge is -2.40. The van der Waals surface area contributed by atoms with Crippen LogP contribution in [0.1, 0.15) is 23.6 Å². The van der Waals surface area contributed by atoms with Gasteiger partial charge < -0.3 is 10.0 Å². The highest BCUT2D eigenvalue weighted by Crippen LogP contribution is 2.34. The van der Waals surface area contributed by atoms with E-state index in [0.717, 1.165) is 54.8 Å². The van der Waals surface area contributed by atoms with Gasteiger partial charge in [-0.15, -0.1) is 0 Å². The van der Waals surface area contributed by atoms with Crippen LogP contribution >= 0.6 is 23.2 Å². The predicted molar refractivity (Wildman–Crippen MR) is 104 cm³/mol. The molecule has 2 aromatic carbocycles. The maximum atomic E-state index is 9.03. The van der Waals surface area contributed by atoms with Gasteiger partial charge in [0, 0.05) is 49.4 Å². The SMILES string of the molecule is OCCCN1CCN(C(c2cccc(Cl)c2)c2ccccc2Cl)CC1. The molecule has 134 valence electrons. The predicted octanol–water partition coefficient (Wildman–Crippen LogP) is 4.08. The molecule has 0 bridgehead atoms. The van der Waals surface area contributed by atoms with Crippen LogP contribution in [0.2, 0.25) is 10.0 Å². The standard InChI is InChI=1S/C20H24Cl2N2O/c21-17-6-3-5-16(15-17)20(18-7-1-2-8-19(18)22)24-12-10-23(11-13-24)9-4-14-25/h1-3,5-8,15,20,25H,4,9-14H2. The smallest absolute Gasteiger partial charge is 0.0617 e. The van der Waals surface area contributed by atoms with Crippen molar-refractivity contribution in [2.24, 2.45) is 0 Å². The number of benzene rings is 2. The zero-order valence-electron chi connectivity index (χ0n) is 14.2. The zero-order valence-corrected chi connectivity index (χ0v) is 15.8. The Kier molecular flexibility index (Phi) is 6.74. The van der Waals surface area contributed by atoms with Gasteiger partial charge in [-0.25, -0.2) is 0 Å². The molecule has 5 heteroatoms. The molecular formula is C20H24Cl2N2O. The Morgan fingerprint density at radius 1 is 0.960 bits per heavy atom. The van der Waals surface area contributed by atoms with Crippen LogP contribution in [0.3, 0.4) is 0 Å². The van der Waals surface area contributed by atoms with Gasteiger partial charge in [-0.3, -0.25) is 4.90 Å². The molecule has 1 aliphatic heterocycles. The average molecular weight is 379 g/mol. The van der Waals surface area contributed by atoms with Crippen molar-refractivity contribution in [2.45, 2.75) is 12.5 Å². The summed E-state index contributed by atoms with van der Waals surface area (Å²) in [6.07, 6.45) is 0.836. The molecule has 3 rings (SSSR count). The summed E-state index contributed by atoms with van der Waals surface area (Å²) in [4.78, 5) is 4.89. The maximum absolute atomic E-state index is 9.03. The minimum Gasteiger partial charge on any atom is -0.396 e. The van der Waals surface area contributed by atoms with E-state index in [1.54, 1.807) is 0 Å². The second-order valence-corrected chi connectivity index (χ2v) is 7.28. The number of aliphatic hydroxyl groups excluding tert-OH is 1. The van der Waals surface area contributed by atoms with Crippen molar-refractivity contribution in [3.8, 4) is 0 Å². The molecule has 3 nitrogen and oxygen atoms in total. The number of rotatable bonds is 6. The first-order valence-electron chi connectivity index (χ1n) is 8.76. The van der Waals surface area contributed by atoms with Crippen LogP contribution < -0.4 is 0 Å². The highest BCUT2D eigenvalue weighted by atomic mass is 35.5. The lowest BCUT2D eigenvalue weighted by molar-refractivity contribution is 0.104. The third kappa shape index (κ3) is 4.75. The van der Waals surface area contributed by atoms with Crippen molar-refractivity contribution in [1.82, 2.24) is 9.80 Å². The molecule has 1 N–H and O–H groups in total. The molecular weight excluding hydrogens is 355 g/mol. The molecule has 0 aromatic heterocycles. The number of piperazine rings is 1. The molecule has 25 heavy (non-hydrogen) atoms. The number of hydrogen-bond donors (Lipinski definition) is 1. The molecule has 0 amide bonds. The van der Waals surface area contributed by atoms with Gasteiger partial charge in [0.05, 0.1) is 6.04 Å². The van der Waals surface area contributed by atoms with E-state index < -0.39 is 0 Å².